The Labute approximate surface area is 95.6 Å². The van der Waals surface area contributed by atoms with E-state index in [1.165, 1.54) is 24.4 Å². The summed E-state index contributed by atoms with van der Waals surface area (Å²) in [5, 5.41) is 18.1. The normalized spacial score (nSPS) is 9.88. The Kier molecular flexibility index (Phi) is 2.63. The summed E-state index contributed by atoms with van der Waals surface area (Å²) in [6.45, 7) is 0. The predicted octanol–water partition coefficient (Wildman–Crippen LogP) is 1.76. The molecule has 0 atom stereocenters. The van der Waals surface area contributed by atoms with Crippen molar-refractivity contribution in [1.29, 1.82) is 5.26 Å². The maximum atomic E-state index is 13.7. The summed E-state index contributed by atoms with van der Waals surface area (Å²) in [6, 6.07) is 6.73. The third kappa shape index (κ3) is 1.88. The molecule has 0 saturated heterocycles. The summed E-state index contributed by atoms with van der Waals surface area (Å²) in [5.74, 6) is -1.03. The van der Waals surface area contributed by atoms with Gasteiger partial charge in [-0.05, 0) is 24.3 Å². The van der Waals surface area contributed by atoms with Gasteiger partial charge in [-0.2, -0.15) is 5.26 Å². The monoisotopic (exact) mass is 230 g/mol. The molecule has 4 nitrogen and oxygen atoms in total. The molecule has 0 aliphatic heterocycles. The van der Waals surface area contributed by atoms with Gasteiger partial charge in [-0.1, -0.05) is 0 Å². The van der Waals surface area contributed by atoms with Crippen LogP contribution in [0.2, 0.25) is 0 Å². The van der Waals surface area contributed by atoms with Gasteiger partial charge in [0, 0.05) is 11.8 Å². The molecule has 1 aromatic carbocycles. The van der Waals surface area contributed by atoms with Gasteiger partial charge in [0.1, 0.15) is 11.6 Å². The lowest BCUT2D eigenvalue weighted by Gasteiger charge is -2.04. The fourth-order valence-electron chi connectivity index (χ4n) is 1.52. The Morgan fingerprint density at radius 3 is 2.71 bits per heavy atom. The van der Waals surface area contributed by atoms with Crippen LogP contribution in [0, 0.1) is 17.1 Å². The summed E-state index contributed by atoms with van der Waals surface area (Å²) >= 11 is 0. The third-order valence-electron chi connectivity index (χ3n) is 2.31. The molecule has 2 rings (SSSR count). The van der Waals surface area contributed by atoms with Crippen LogP contribution in [0.5, 0.6) is 5.75 Å². The lowest BCUT2D eigenvalue weighted by atomic mass is 10.0. The number of nitrogens with zero attached hydrogens (tertiary/aromatic N) is 1. The fourth-order valence-corrected chi connectivity index (χ4v) is 1.52. The maximum absolute atomic E-state index is 13.7. The first-order valence-corrected chi connectivity index (χ1v) is 4.74. The molecule has 84 valence electrons. The molecule has 2 N–H and O–H groups in total. The number of halogens is 1. The summed E-state index contributed by atoms with van der Waals surface area (Å²) in [6.07, 6.45) is 1.27. The van der Waals surface area contributed by atoms with Gasteiger partial charge in [0.25, 0.3) is 5.56 Å². The molecular weight excluding hydrogens is 223 g/mol. The molecular formula is C12H7FN2O2. The minimum absolute atomic E-state index is 0.0386. The number of aromatic nitrogens is 1. The molecule has 0 aliphatic carbocycles. The lowest BCUT2D eigenvalue weighted by Crippen LogP contribution is -2.08. The zero-order valence-electron chi connectivity index (χ0n) is 8.57. The van der Waals surface area contributed by atoms with Crippen LogP contribution in [0.15, 0.2) is 35.3 Å². The highest BCUT2D eigenvalue weighted by Gasteiger charge is 2.13. The topological polar surface area (TPSA) is 76.9 Å². The zero-order chi connectivity index (χ0) is 12.4. The van der Waals surface area contributed by atoms with Crippen LogP contribution in [-0.4, -0.2) is 10.1 Å². The standard InChI is InChI=1S/C12H7FN2O2/c13-9-5-7(6-14)1-2-8(9)11-10(16)3-4-15-12(11)17/h1-5H,(H2,15,16,17). The second-order valence-electron chi connectivity index (χ2n) is 3.37. The fraction of sp³-hybridized carbons (Fsp3) is 0. The van der Waals surface area contributed by atoms with Crippen LogP contribution < -0.4 is 5.56 Å². The number of hydrogen-bond donors (Lipinski definition) is 2. The van der Waals surface area contributed by atoms with E-state index in [0.29, 0.717) is 0 Å². The first-order valence-electron chi connectivity index (χ1n) is 4.74. The number of aromatic amines is 1. The molecule has 1 aromatic heterocycles. The summed E-state index contributed by atoms with van der Waals surface area (Å²) < 4.78 is 13.7. The van der Waals surface area contributed by atoms with Gasteiger partial charge in [-0.25, -0.2) is 4.39 Å². The predicted molar refractivity (Wildman–Crippen MR) is 58.8 cm³/mol. The second kappa shape index (κ2) is 4.10. The summed E-state index contributed by atoms with van der Waals surface area (Å²) in [4.78, 5) is 13.8. The van der Waals surface area contributed by atoms with Crippen molar-refractivity contribution in [3.8, 4) is 22.9 Å². The zero-order valence-corrected chi connectivity index (χ0v) is 8.57. The average molecular weight is 230 g/mol. The number of pyridine rings is 1. The van der Waals surface area contributed by atoms with Gasteiger partial charge in [-0.15, -0.1) is 0 Å². The minimum atomic E-state index is -0.726. The summed E-state index contributed by atoms with van der Waals surface area (Å²) in [5.41, 5.74) is -0.621. The van der Waals surface area contributed by atoms with Gasteiger partial charge in [0.05, 0.1) is 17.2 Å². The molecule has 0 amide bonds. The minimum Gasteiger partial charge on any atom is -0.507 e. The van der Waals surface area contributed by atoms with E-state index in [-0.39, 0.29) is 22.4 Å². The van der Waals surface area contributed by atoms with Crippen molar-refractivity contribution < 1.29 is 9.50 Å². The highest BCUT2D eigenvalue weighted by atomic mass is 19.1. The Morgan fingerprint density at radius 2 is 2.12 bits per heavy atom. The highest BCUT2D eigenvalue weighted by Crippen LogP contribution is 2.27. The van der Waals surface area contributed by atoms with Crippen LogP contribution in [0.3, 0.4) is 0 Å². The van der Waals surface area contributed by atoms with E-state index in [2.05, 4.69) is 4.98 Å². The van der Waals surface area contributed by atoms with Crippen LogP contribution in [0.25, 0.3) is 11.1 Å². The molecule has 0 aliphatic rings. The van der Waals surface area contributed by atoms with Gasteiger partial charge in [-0.3, -0.25) is 4.79 Å². The first-order chi connectivity index (χ1) is 8.13. The molecule has 0 spiro atoms. The number of nitriles is 1. The molecule has 0 radical (unpaired) electrons. The first kappa shape index (κ1) is 10.9. The van der Waals surface area contributed by atoms with Crippen molar-refractivity contribution in [3.63, 3.8) is 0 Å². The molecule has 2 aromatic rings. The Morgan fingerprint density at radius 1 is 1.35 bits per heavy atom. The van der Waals surface area contributed by atoms with E-state index >= 15 is 0 Å². The smallest absolute Gasteiger partial charge is 0.259 e. The molecule has 17 heavy (non-hydrogen) atoms. The van der Waals surface area contributed by atoms with E-state index in [0.717, 1.165) is 6.07 Å². The molecule has 0 bridgehead atoms. The molecule has 0 saturated carbocycles. The van der Waals surface area contributed by atoms with Gasteiger partial charge in [0.2, 0.25) is 0 Å². The average Bonchev–Trinajstić information content (AvgIpc) is 2.30. The summed E-state index contributed by atoms with van der Waals surface area (Å²) in [7, 11) is 0. The number of hydrogen-bond acceptors (Lipinski definition) is 3. The molecule has 0 unspecified atom stereocenters. The van der Waals surface area contributed by atoms with Crippen molar-refractivity contribution >= 4 is 0 Å². The van der Waals surface area contributed by atoms with Crippen molar-refractivity contribution in [2.45, 2.75) is 0 Å². The quantitative estimate of drug-likeness (QED) is 0.783. The highest BCUT2D eigenvalue weighted by molar-refractivity contribution is 5.69. The SMILES string of the molecule is N#Cc1ccc(-c2c(O)cc[nH]c2=O)c(F)c1. The molecule has 5 heteroatoms. The Bertz CT molecular complexity index is 671. The molecule has 1 heterocycles. The van der Waals surface area contributed by atoms with E-state index in [1.54, 1.807) is 6.07 Å². The van der Waals surface area contributed by atoms with E-state index in [9.17, 15) is 14.3 Å². The van der Waals surface area contributed by atoms with Crippen LogP contribution in [-0.2, 0) is 0 Å². The van der Waals surface area contributed by atoms with Crippen LogP contribution >= 0.6 is 0 Å². The van der Waals surface area contributed by atoms with E-state index in [1.807, 2.05) is 0 Å². The Balaban J connectivity index is 2.70. The van der Waals surface area contributed by atoms with Crippen LogP contribution in [0.4, 0.5) is 4.39 Å². The van der Waals surface area contributed by atoms with Crippen LogP contribution in [0.1, 0.15) is 5.56 Å². The number of nitrogens with one attached hydrogen (secondary N) is 1. The lowest BCUT2D eigenvalue weighted by molar-refractivity contribution is 0.475. The largest absolute Gasteiger partial charge is 0.507 e. The number of rotatable bonds is 1. The molecule has 0 fully saturated rings. The van der Waals surface area contributed by atoms with Crippen molar-refractivity contribution in [1.82, 2.24) is 4.98 Å². The second-order valence-corrected chi connectivity index (χ2v) is 3.37. The number of aromatic hydroxyl groups is 1. The van der Waals surface area contributed by atoms with Gasteiger partial charge < -0.3 is 10.1 Å². The van der Waals surface area contributed by atoms with Crippen molar-refractivity contribution in [2.24, 2.45) is 0 Å². The van der Waals surface area contributed by atoms with E-state index < -0.39 is 11.4 Å². The Hall–Kier alpha value is -2.61. The van der Waals surface area contributed by atoms with Gasteiger partial charge in [0.15, 0.2) is 0 Å². The number of H-pyrrole nitrogens is 1. The maximum Gasteiger partial charge on any atom is 0.259 e. The van der Waals surface area contributed by atoms with E-state index in [4.69, 9.17) is 5.26 Å². The third-order valence-corrected chi connectivity index (χ3v) is 2.31. The van der Waals surface area contributed by atoms with Gasteiger partial charge >= 0.3 is 0 Å². The van der Waals surface area contributed by atoms with Crippen molar-refractivity contribution in [2.75, 3.05) is 0 Å². The number of benzene rings is 1. The van der Waals surface area contributed by atoms with Crippen molar-refractivity contribution in [3.05, 3.63) is 52.2 Å².